The van der Waals surface area contributed by atoms with E-state index in [0.29, 0.717) is 38.6 Å². The summed E-state index contributed by atoms with van der Waals surface area (Å²) >= 11 is 0. The van der Waals surface area contributed by atoms with Gasteiger partial charge >= 0.3 is 0 Å². The Balaban J connectivity index is 1.31. The standard InChI is InChI=1S/C23H28FN3O4/c1-16-9-18(12-26-22(16)29-2)13-27-7-8-31-23(14-27)10-20(30-15-23)21(28)25-11-17-3-5-19(24)6-4-17/h3-6,9,12,20H,7-8,10-11,13-15H2,1-2H3,(H,25,28). The molecule has 3 heterocycles. The number of nitrogens with one attached hydrogen (secondary N) is 1. The van der Waals surface area contributed by atoms with E-state index in [2.05, 4.69) is 21.3 Å². The smallest absolute Gasteiger partial charge is 0.249 e. The molecule has 7 nitrogen and oxygen atoms in total. The van der Waals surface area contributed by atoms with Gasteiger partial charge in [-0.05, 0) is 36.2 Å². The summed E-state index contributed by atoms with van der Waals surface area (Å²) in [5.74, 6) is 0.175. The molecule has 8 heteroatoms. The summed E-state index contributed by atoms with van der Waals surface area (Å²) in [6.45, 7) is 5.56. The van der Waals surface area contributed by atoms with Crippen LogP contribution >= 0.6 is 0 Å². The van der Waals surface area contributed by atoms with Crippen LogP contribution in [0.15, 0.2) is 36.5 Å². The SMILES string of the molecule is COc1ncc(CN2CCOC3(COC(C(=O)NCc4ccc(F)cc4)C3)C2)cc1C. The van der Waals surface area contributed by atoms with Crippen molar-refractivity contribution in [1.82, 2.24) is 15.2 Å². The number of aromatic nitrogens is 1. The van der Waals surface area contributed by atoms with Crippen LogP contribution < -0.4 is 10.1 Å². The summed E-state index contributed by atoms with van der Waals surface area (Å²) in [6.07, 6.45) is 1.80. The largest absolute Gasteiger partial charge is 0.481 e. The van der Waals surface area contributed by atoms with Gasteiger partial charge in [-0.1, -0.05) is 12.1 Å². The summed E-state index contributed by atoms with van der Waals surface area (Å²) in [7, 11) is 1.62. The zero-order valence-corrected chi connectivity index (χ0v) is 17.9. The molecule has 0 saturated carbocycles. The minimum absolute atomic E-state index is 0.170. The number of benzene rings is 1. The van der Waals surface area contributed by atoms with E-state index in [9.17, 15) is 9.18 Å². The maximum atomic E-state index is 13.0. The van der Waals surface area contributed by atoms with Crippen molar-refractivity contribution in [2.45, 2.75) is 38.1 Å². The van der Waals surface area contributed by atoms with Crippen molar-refractivity contribution in [1.29, 1.82) is 0 Å². The van der Waals surface area contributed by atoms with E-state index in [0.717, 1.165) is 29.8 Å². The van der Waals surface area contributed by atoms with Crippen LogP contribution in [0.5, 0.6) is 5.88 Å². The summed E-state index contributed by atoms with van der Waals surface area (Å²) in [6, 6.07) is 8.17. The number of hydrogen-bond donors (Lipinski definition) is 1. The molecule has 1 spiro atoms. The van der Waals surface area contributed by atoms with Crippen molar-refractivity contribution >= 4 is 5.91 Å². The Morgan fingerprint density at radius 1 is 1.35 bits per heavy atom. The molecule has 1 aromatic carbocycles. The van der Waals surface area contributed by atoms with Gasteiger partial charge in [0.15, 0.2) is 0 Å². The molecule has 2 aromatic rings. The summed E-state index contributed by atoms with van der Waals surface area (Å²) < 4.78 is 30.2. The fourth-order valence-corrected chi connectivity index (χ4v) is 4.23. The van der Waals surface area contributed by atoms with Gasteiger partial charge in [-0.2, -0.15) is 0 Å². The average molecular weight is 429 g/mol. The first-order valence-corrected chi connectivity index (χ1v) is 10.5. The molecule has 1 amide bonds. The molecule has 166 valence electrons. The molecule has 1 aromatic heterocycles. The van der Waals surface area contributed by atoms with E-state index in [1.807, 2.05) is 13.1 Å². The molecule has 2 aliphatic heterocycles. The van der Waals surface area contributed by atoms with Crippen molar-refractivity contribution < 1.29 is 23.4 Å². The molecule has 2 unspecified atom stereocenters. The molecule has 31 heavy (non-hydrogen) atoms. The Hall–Kier alpha value is -2.55. The van der Waals surface area contributed by atoms with Crippen LogP contribution in [0.1, 0.15) is 23.1 Å². The van der Waals surface area contributed by atoms with Gasteiger partial charge in [0.05, 0.1) is 20.3 Å². The number of carbonyl (C=O) groups is 1. The molecule has 4 rings (SSSR count). The van der Waals surface area contributed by atoms with Gasteiger partial charge in [0.2, 0.25) is 11.8 Å². The Morgan fingerprint density at radius 3 is 2.90 bits per heavy atom. The number of morpholine rings is 1. The number of nitrogens with zero attached hydrogens (tertiary/aromatic N) is 2. The molecule has 2 atom stereocenters. The van der Waals surface area contributed by atoms with Gasteiger partial charge in [-0.25, -0.2) is 9.37 Å². The van der Waals surface area contributed by atoms with Crippen LogP contribution in [0.4, 0.5) is 4.39 Å². The van der Waals surface area contributed by atoms with E-state index in [-0.39, 0.29) is 11.7 Å². The first-order valence-electron chi connectivity index (χ1n) is 10.5. The number of rotatable bonds is 6. The Kier molecular flexibility index (Phi) is 6.50. The number of ether oxygens (including phenoxy) is 3. The predicted octanol–water partition coefficient (Wildman–Crippen LogP) is 2.21. The Labute approximate surface area is 181 Å². The third-order valence-corrected chi connectivity index (χ3v) is 5.79. The first-order chi connectivity index (χ1) is 15.0. The average Bonchev–Trinajstić information content (AvgIpc) is 3.16. The lowest BCUT2D eigenvalue weighted by Crippen LogP contribution is -2.52. The van der Waals surface area contributed by atoms with E-state index in [4.69, 9.17) is 14.2 Å². The normalized spacial score (nSPS) is 23.8. The van der Waals surface area contributed by atoms with Crippen molar-refractivity contribution in [2.24, 2.45) is 0 Å². The highest BCUT2D eigenvalue weighted by atomic mass is 19.1. The predicted molar refractivity (Wildman–Crippen MR) is 112 cm³/mol. The summed E-state index contributed by atoms with van der Waals surface area (Å²) in [4.78, 5) is 19.3. The fourth-order valence-electron chi connectivity index (χ4n) is 4.23. The molecule has 2 fully saturated rings. The van der Waals surface area contributed by atoms with Gasteiger partial charge in [0.1, 0.15) is 17.5 Å². The van der Waals surface area contributed by atoms with E-state index >= 15 is 0 Å². The van der Waals surface area contributed by atoms with Gasteiger partial charge in [-0.3, -0.25) is 9.69 Å². The highest BCUT2D eigenvalue weighted by Crippen LogP contribution is 2.32. The quantitative estimate of drug-likeness (QED) is 0.759. The lowest BCUT2D eigenvalue weighted by Gasteiger charge is -2.39. The third kappa shape index (κ3) is 5.20. The lowest BCUT2D eigenvalue weighted by molar-refractivity contribution is -0.130. The molecule has 0 radical (unpaired) electrons. The monoisotopic (exact) mass is 429 g/mol. The molecule has 0 bridgehead atoms. The topological polar surface area (TPSA) is 72.9 Å². The van der Waals surface area contributed by atoms with Gasteiger partial charge < -0.3 is 19.5 Å². The molecular formula is C23H28FN3O4. The summed E-state index contributed by atoms with van der Waals surface area (Å²) in [5, 5.41) is 2.87. The zero-order chi connectivity index (χ0) is 21.8. The third-order valence-electron chi connectivity index (χ3n) is 5.79. The second-order valence-corrected chi connectivity index (χ2v) is 8.26. The number of hydrogen-bond acceptors (Lipinski definition) is 6. The van der Waals surface area contributed by atoms with Gasteiger partial charge in [0, 0.05) is 44.4 Å². The number of carbonyl (C=O) groups excluding carboxylic acids is 1. The molecule has 2 saturated heterocycles. The molecule has 1 N–H and O–H groups in total. The van der Waals surface area contributed by atoms with Crippen molar-refractivity contribution in [3.63, 3.8) is 0 Å². The zero-order valence-electron chi connectivity index (χ0n) is 17.9. The minimum Gasteiger partial charge on any atom is -0.481 e. The highest BCUT2D eigenvalue weighted by Gasteiger charge is 2.46. The molecule has 2 aliphatic rings. The van der Waals surface area contributed by atoms with Crippen LogP contribution in [0, 0.1) is 12.7 Å². The van der Waals surface area contributed by atoms with Crippen LogP contribution in [-0.4, -0.2) is 60.9 Å². The highest BCUT2D eigenvalue weighted by molar-refractivity contribution is 5.81. The van der Waals surface area contributed by atoms with Crippen LogP contribution in [0.2, 0.25) is 0 Å². The summed E-state index contributed by atoms with van der Waals surface area (Å²) in [5.41, 5.74) is 2.48. The number of amides is 1. The first kappa shape index (κ1) is 21.7. The number of methoxy groups -OCH3 is 1. The van der Waals surface area contributed by atoms with Gasteiger partial charge in [0.25, 0.3) is 0 Å². The number of halogens is 1. The maximum absolute atomic E-state index is 13.0. The maximum Gasteiger partial charge on any atom is 0.249 e. The fraction of sp³-hybridized carbons (Fsp3) is 0.478. The number of pyridine rings is 1. The van der Waals surface area contributed by atoms with Crippen LogP contribution in [0.3, 0.4) is 0 Å². The van der Waals surface area contributed by atoms with Crippen molar-refractivity contribution in [3.8, 4) is 5.88 Å². The molecule has 0 aliphatic carbocycles. The van der Waals surface area contributed by atoms with E-state index < -0.39 is 11.7 Å². The Bertz CT molecular complexity index is 924. The van der Waals surface area contributed by atoms with Gasteiger partial charge in [-0.15, -0.1) is 0 Å². The Morgan fingerprint density at radius 2 is 2.16 bits per heavy atom. The minimum atomic E-state index is -0.551. The van der Waals surface area contributed by atoms with Crippen molar-refractivity contribution in [3.05, 3.63) is 59.0 Å². The van der Waals surface area contributed by atoms with Crippen molar-refractivity contribution in [2.75, 3.05) is 33.4 Å². The van der Waals surface area contributed by atoms with E-state index in [1.54, 1.807) is 19.2 Å². The molecular weight excluding hydrogens is 401 g/mol. The van der Waals surface area contributed by atoms with Crippen LogP contribution in [0.25, 0.3) is 0 Å². The lowest BCUT2D eigenvalue weighted by atomic mass is 9.97. The number of aryl methyl sites for hydroxylation is 1. The second-order valence-electron chi connectivity index (χ2n) is 8.26. The van der Waals surface area contributed by atoms with Crippen LogP contribution in [-0.2, 0) is 27.4 Å². The van der Waals surface area contributed by atoms with E-state index in [1.165, 1.54) is 12.1 Å². The second kappa shape index (κ2) is 9.30.